The zero-order valence-electron chi connectivity index (χ0n) is 17.9. The average molecular weight is 369 g/mol. The lowest BCUT2D eigenvalue weighted by molar-refractivity contribution is 0.0894. The van der Waals surface area contributed by atoms with Crippen LogP contribution in [0.15, 0.2) is 0 Å². The lowest BCUT2D eigenvalue weighted by atomic mass is 9.83. The SMILES string of the molecule is CCCO[Si](OCC(C)(C)C)(C1CCCCC1)C1CC(C)CC(C)C1. The molecule has 2 aliphatic carbocycles. The van der Waals surface area contributed by atoms with Gasteiger partial charge < -0.3 is 8.85 Å². The Balaban J connectivity index is 2.29. The first-order chi connectivity index (χ1) is 11.8. The van der Waals surface area contributed by atoms with Gasteiger partial charge >= 0.3 is 8.56 Å². The average Bonchev–Trinajstić information content (AvgIpc) is 2.54. The van der Waals surface area contributed by atoms with Gasteiger partial charge in [-0.2, -0.15) is 0 Å². The third-order valence-corrected chi connectivity index (χ3v) is 10.8. The van der Waals surface area contributed by atoms with Crippen LogP contribution < -0.4 is 0 Å². The summed E-state index contributed by atoms with van der Waals surface area (Å²) in [7, 11) is -2.21. The van der Waals surface area contributed by atoms with E-state index >= 15 is 0 Å². The first kappa shape index (κ1) is 21.4. The lowest BCUT2D eigenvalue weighted by Crippen LogP contribution is -2.54. The van der Waals surface area contributed by atoms with E-state index in [0.717, 1.165) is 37.0 Å². The summed E-state index contributed by atoms with van der Waals surface area (Å²) in [4.78, 5) is 0. The van der Waals surface area contributed by atoms with Gasteiger partial charge in [0.05, 0.1) is 0 Å². The Kier molecular flexibility index (Phi) is 8.03. The van der Waals surface area contributed by atoms with Gasteiger partial charge in [-0.15, -0.1) is 0 Å². The van der Waals surface area contributed by atoms with E-state index in [1.807, 2.05) is 0 Å². The minimum Gasteiger partial charge on any atom is -0.394 e. The van der Waals surface area contributed by atoms with Crippen LogP contribution in [0.3, 0.4) is 0 Å². The molecule has 0 spiro atoms. The van der Waals surface area contributed by atoms with Crippen molar-refractivity contribution in [2.75, 3.05) is 13.2 Å². The van der Waals surface area contributed by atoms with E-state index in [4.69, 9.17) is 8.85 Å². The smallest absolute Gasteiger partial charge is 0.344 e. The molecule has 3 atom stereocenters. The normalized spacial score (nSPS) is 31.7. The molecular formula is C22H44O2Si. The topological polar surface area (TPSA) is 18.5 Å². The number of hydrogen-bond acceptors (Lipinski definition) is 2. The van der Waals surface area contributed by atoms with Crippen LogP contribution in [-0.2, 0) is 8.85 Å². The summed E-state index contributed by atoms with van der Waals surface area (Å²) < 4.78 is 13.9. The summed E-state index contributed by atoms with van der Waals surface area (Å²) in [6.45, 7) is 15.8. The highest BCUT2D eigenvalue weighted by Crippen LogP contribution is 2.51. The number of rotatable bonds is 7. The summed E-state index contributed by atoms with van der Waals surface area (Å²) >= 11 is 0. The second-order valence-electron chi connectivity index (χ2n) is 10.4. The largest absolute Gasteiger partial charge is 0.394 e. The fraction of sp³-hybridized carbons (Fsp3) is 1.00. The Labute approximate surface area is 158 Å². The van der Waals surface area contributed by atoms with Crippen LogP contribution in [0.4, 0.5) is 0 Å². The van der Waals surface area contributed by atoms with E-state index in [9.17, 15) is 0 Å². The van der Waals surface area contributed by atoms with E-state index < -0.39 is 8.56 Å². The van der Waals surface area contributed by atoms with Crippen LogP contribution in [0.2, 0.25) is 11.1 Å². The van der Waals surface area contributed by atoms with Crippen molar-refractivity contribution >= 4 is 8.56 Å². The fourth-order valence-corrected chi connectivity index (χ4v) is 10.8. The Morgan fingerprint density at radius 3 is 1.96 bits per heavy atom. The third-order valence-electron chi connectivity index (χ3n) is 6.18. The van der Waals surface area contributed by atoms with Crippen molar-refractivity contribution in [2.45, 2.75) is 110 Å². The molecule has 0 radical (unpaired) electrons. The second-order valence-corrected chi connectivity index (χ2v) is 14.0. The molecule has 2 fully saturated rings. The van der Waals surface area contributed by atoms with Crippen molar-refractivity contribution in [2.24, 2.45) is 17.3 Å². The van der Waals surface area contributed by atoms with E-state index in [0.29, 0.717) is 5.54 Å². The van der Waals surface area contributed by atoms with Gasteiger partial charge in [0.2, 0.25) is 0 Å². The van der Waals surface area contributed by atoms with Crippen LogP contribution in [0.5, 0.6) is 0 Å². The van der Waals surface area contributed by atoms with Gasteiger partial charge in [0.25, 0.3) is 0 Å². The molecule has 2 rings (SSSR count). The molecule has 0 heterocycles. The fourth-order valence-electron chi connectivity index (χ4n) is 5.22. The Morgan fingerprint density at radius 2 is 1.44 bits per heavy atom. The molecule has 2 saturated carbocycles. The predicted molar refractivity (Wildman–Crippen MR) is 110 cm³/mol. The first-order valence-electron chi connectivity index (χ1n) is 11.0. The standard InChI is InChI=1S/C22H44O2Si/c1-7-13-23-25(24-17-22(4,5)6,20-11-9-8-10-12-20)21-15-18(2)14-19(3)16-21/h18-21H,7-17H2,1-6H3. The molecule has 0 aliphatic heterocycles. The second kappa shape index (κ2) is 9.37. The van der Waals surface area contributed by atoms with Gasteiger partial charge in [-0.05, 0) is 55.8 Å². The molecule has 2 aliphatic rings. The highest BCUT2D eigenvalue weighted by Gasteiger charge is 2.54. The van der Waals surface area contributed by atoms with E-state index in [-0.39, 0.29) is 5.41 Å². The highest BCUT2D eigenvalue weighted by atomic mass is 28.4. The van der Waals surface area contributed by atoms with Crippen molar-refractivity contribution < 1.29 is 8.85 Å². The van der Waals surface area contributed by atoms with E-state index in [1.54, 1.807) is 0 Å². The van der Waals surface area contributed by atoms with Crippen molar-refractivity contribution in [1.29, 1.82) is 0 Å². The van der Waals surface area contributed by atoms with Gasteiger partial charge in [-0.3, -0.25) is 0 Å². The molecule has 0 aromatic carbocycles. The minimum absolute atomic E-state index is 0.217. The van der Waals surface area contributed by atoms with Gasteiger partial charge in [-0.25, -0.2) is 0 Å². The molecule has 0 saturated heterocycles. The van der Waals surface area contributed by atoms with Gasteiger partial charge in [0.1, 0.15) is 0 Å². The quantitative estimate of drug-likeness (QED) is 0.447. The summed E-state index contributed by atoms with van der Waals surface area (Å²) in [5.74, 6) is 1.65. The van der Waals surface area contributed by atoms with Crippen molar-refractivity contribution in [3.05, 3.63) is 0 Å². The summed E-state index contributed by atoms with van der Waals surface area (Å²) in [5.41, 5.74) is 1.63. The van der Waals surface area contributed by atoms with Crippen molar-refractivity contribution in [3.8, 4) is 0 Å². The molecule has 3 unspecified atom stereocenters. The Hall–Kier alpha value is 0.137. The molecule has 0 amide bonds. The van der Waals surface area contributed by atoms with Crippen LogP contribution in [0.1, 0.15) is 99.3 Å². The molecule has 2 nitrogen and oxygen atoms in total. The lowest BCUT2D eigenvalue weighted by Gasteiger charge is -2.48. The predicted octanol–water partition coefficient (Wildman–Crippen LogP) is 7.08. The molecule has 25 heavy (non-hydrogen) atoms. The van der Waals surface area contributed by atoms with E-state index in [1.165, 1.54) is 51.4 Å². The maximum Gasteiger partial charge on any atom is 0.344 e. The molecule has 3 heteroatoms. The maximum absolute atomic E-state index is 6.99. The highest BCUT2D eigenvalue weighted by molar-refractivity contribution is 6.70. The van der Waals surface area contributed by atoms with Crippen LogP contribution >= 0.6 is 0 Å². The maximum atomic E-state index is 6.99. The minimum atomic E-state index is -2.21. The van der Waals surface area contributed by atoms with Gasteiger partial charge in [0.15, 0.2) is 0 Å². The van der Waals surface area contributed by atoms with E-state index in [2.05, 4.69) is 41.5 Å². The van der Waals surface area contributed by atoms with Crippen LogP contribution in [0, 0.1) is 17.3 Å². The summed E-state index contributed by atoms with van der Waals surface area (Å²) in [6.07, 6.45) is 12.0. The summed E-state index contributed by atoms with van der Waals surface area (Å²) in [6, 6.07) is 0. The molecule has 0 bridgehead atoms. The Morgan fingerprint density at radius 1 is 0.840 bits per heavy atom. The molecule has 0 aromatic rings. The monoisotopic (exact) mass is 368 g/mol. The van der Waals surface area contributed by atoms with Gasteiger partial charge in [-0.1, -0.05) is 60.8 Å². The summed E-state index contributed by atoms with van der Waals surface area (Å²) in [5, 5.41) is 0. The molecule has 148 valence electrons. The molecule has 0 N–H and O–H groups in total. The zero-order valence-corrected chi connectivity index (χ0v) is 18.9. The van der Waals surface area contributed by atoms with Crippen LogP contribution in [-0.4, -0.2) is 21.8 Å². The van der Waals surface area contributed by atoms with Crippen molar-refractivity contribution in [1.82, 2.24) is 0 Å². The number of hydrogen-bond donors (Lipinski definition) is 0. The Bertz CT molecular complexity index is 376. The molecule has 0 aromatic heterocycles. The van der Waals surface area contributed by atoms with Crippen LogP contribution in [0.25, 0.3) is 0 Å². The molecular weight excluding hydrogens is 324 g/mol. The first-order valence-corrected chi connectivity index (χ1v) is 13.0. The zero-order chi connectivity index (χ0) is 18.5. The third kappa shape index (κ3) is 6.07. The van der Waals surface area contributed by atoms with Gasteiger partial charge in [0, 0.05) is 24.3 Å². The van der Waals surface area contributed by atoms with Crippen molar-refractivity contribution in [3.63, 3.8) is 0 Å².